The molecule has 42 heavy (non-hydrogen) atoms. The monoisotopic (exact) mass is 565 g/mol. The summed E-state index contributed by atoms with van der Waals surface area (Å²) in [4.78, 5) is 28.3. The summed E-state index contributed by atoms with van der Waals surface area (Å²) in [5.74, 6) is 0.666. The summed E-state index contributed by atoms with van der Waals surface area (Å²) in [5, 5.41) is 4.35. The average Bonchev–Trinajstić information content (AvgIpc) is 3.45. The molecule has 1 atom stereocenters. The van der Waals surface area contributed by atoms with Crippen molar-refractivity contribution in [2.24, 2.45) is 0 Å². The Morgan fingerprint density at radius 1 is 1.00 bits per heavy atom. The van der Waals surface area contributed by atoms with Crippen molar-refractivity contribution < 1.29 is 19.1 Å². The number of rotatable bonds is 11. The predicted molar refractivity (Wildman–Crippen MR) is 163 cm³/mol. The van der Waals surface area contributed by atoms with Gasteiger partial charge in [-0.1, -0.05) is 68.4 Å². The van der Waals surface area contributed by atoms with Crippen LogP contribution in [0.15, 0.2) is 85.2 Å². The molecular formula is C35H39N3O4. The fourth-order valence-corrected chi connectivity index (χ4v) is 5.56. The Morgan fingerprint density at radius 2 is 1.79 bits per heavy atom. The second-order valence-corrected chi connectivity index (χ2v) is 11.1. The Morgan fingerprint density at radius 3 is 2.52 bits per heavy atom. The molecule has 0 aliphatic heterocycles. The lowest BCUT2D eigenvalue weighted by molar-refractivity contribution is -0.144. The van der Waals surface area contributed by atoms with Crippen molar-refractivity contribution in [3.05, 3.63) is 113 Å². The minimum absolute atomic E-state index is 0.0344. The van der Waals surface area contributed by atoms with Crippen molar-refractivity contribution >= 4 is 17.6 Å². The van der Waals surface area contributed by atoms with Crippen LogP contribution in [0.2, 0.25) is 0 Å². The van der Waals surface area contributed by atoms with Crippen LogP contribution < -0.4 is 9.64 Å². The van der Waals surface area contributed by atoms with Gasteiger partial charge in [0.25, 0.3) is 0 Å². The van der Waals surface area contributed by atoms with E-state index in [0.717, 1.165) is 53.0 Å². The van der Waals surface area contributed by atoms with E-state index in [-0.39, 0.29) is 24.3 Å². The number of ether oxygens (including phenoxy) is 2. The van der Waals surface area contributed by atoms with E-state index in [0.29, 0.717) is 25.7 Å². The Hall–Kier alpha value is -4.39. The van der Waals surface area contributed by atoms with Crippen molar-refractivity contribution in [3.8, 4) is 5.75 Å². The number of anilines is 1. The molecule has 1 unspecified atom stereocenters. The lowest BCUT2D eigenvalue weighted by Gasteiger charge is -2.32. The fourth-order valence-electron chi connectivity index (χ4n) is 5.56. The second-order valence-electron chi connectivity index (χ2n) is 11.1. The predicted octanol–water partition coefficient (Wildman–Crippen LogP) is 6.80. The van der Waals surface area contributed by atoms with Crippen LogP contribution in [0.4, 0.5) is 5.69 Å². The van der Waals surface area contributed by atoms with Gasteiger partial charge < -0.3 is 14.4 Å². The van der Waals surface area contributed by atoms with Crippen LogP contribution in [0.3, 0.4) is 0 Å². The first-order valence-corrected chi connectivity index (χ1v) is 14.8. The Balaban J connectivity index is 1.42. The molecule has 5 rings (SSSR count). The van der Waals surface area contributed by atoms with Crippen LogP contribution in [-0.4, -0.2) is 28.3 Å². The zero-order chi connectivity index (χ0) is 29.5. The summed E-state index contributed by atoms with van der Waals surface area (Å²) in [7, 11) is 0. The molecule has 0 saturated heterocycles. The number of esters is 1. The van der Waals surface area contributed by atoms with Gasteiger partial charge in [-0.2, -0.15) is 5.10 Å². The molecule has 0 fully saturated rings. The highest BCUT2D eigenvalue weighted by Gasteiger charge is 2.32. The number of amides is 1. The maximum absolute atomic E-state index is 14.4. The van der Waals surface area contributed by atoms with E-state index >= 15 is 0 Å². The molecule has 1 aromatic heterocycles. The van der Waals surface area contributed by atoms with Gasteiger partial charge in [0.05, 0.1) is 25.3 Å². The summed E-state index contributed by atoms with van der Waals surface area (Å²) in [6, 6.07) is 24.4. The van der Waals surface area contributed by atoms with Crippen molar-refractivity contribution in [3.63, 3.8) is 0 Å². The molecule has 4 aromatic rings. The van der Waals surface area contributed by atoms with E-state index in [4.69, 9.17) is 9.47 Å². The van der Waals surface area contributed by atoms with Crippen LogP contribution in [0.5, 0.6) is 5.75 Å². The molecule has 1 heterocycles. The summed E-state index contributed by atoms with van der Waals surface area (Å²) < 4.78 is 12.9. The summed E-state index contributed by atoms with van der Waals surface area (Å²) >= 11 is 0. The Bertz CT molecular complexity index is 1490. The molecule has 218 valence electrons. The molecule has 0 spiro atoms. The first-order chi connectivity index (χ1) is 20.4. The van der Waals surface area contributed by atoms with Gasteiger partial charge in [-0.15, -0.1) is 0 Å². The van der Waals surface area contributed by atoms with Crippen molar-refractivity contribution in [1.82, 2.24) is 9.78 Å². The normalized spacial score (nSPS) is 14.3. The smallest absolute Gasteiger partial charge is 0.327 e. The molecule has 0 saturated carbocycles. The molecule has 7 nitrogen and oxygen atoms in total. The minimum Gasteiger partial charge on any atom is -0.489 e. The highest BCUT2D eigenvalue weighted by atomic mass is 16.5. The molecule has 0 bridgehead atoms. The average molecular weight is 566 g/mol. The standard InChI is InChI=1S/C35H39N3O4/c1-4-41-34(39)23-37-21-27(20-36-37)22-38(29-18-16-28(17-19-29)25(2)3)35(40)32-14-8-13-31-30(32)12-9-15-33(31)42-24-26-10-6-5-7-11-26/h5-7,9-12,15-21,25,32H,4,8,13-14,22-24H2,1-3H3. The van der Waals surface area contributed by atoms with Gasteiger partial charge in [0.1, 0.15) is 18.9 Å². The summed E-state index contributed by atoms with van der Waals surface area (Å²) in [6.45, 7) is 7.29. The SMILES string of the molecule is CCOC(=O)Cn1cc(CN(C(=O)C2CCCc3c(OCc4ccccc4)cccc32)c2ccc(C(C)C)cc2)cn1. The zero-order valence-corrected chi connectivity index (χ0v) is 24.7. The third-order valence-electron chi connectivity index (χ3n) is 7.76. The van der Waals surface area contributed by atoms with Gasteiger partial charge in [0, 0.05) is 17.4 Å². The van der Waals surface area contributed by atoms with Crippen LogP contribution >= 0.6 is 0 Å². The van der Waals surface area contributed by atoms with Gasteiger partial charge in [-0.25, -0.2) is 0 Å². The van der Waals surface area contributed by atoms with Gasteiger partial charge in [-0.05, 0) is 72.6 Å². The van der Waals surface area contributed by atoms with Gasteiger partial charge in [-0.3, -0.25) is 14.3 Å². The number of hydrogen-bond acceptors (Lipinski definition) is 5. The molecule has 1 amide bonds. The fraction of sp³-hybridized carbons (Fsp3) is 0.343. The second kappa shape index (κ2) is 13.5. The topological polar surface area (TPSA) is 73.7 Å². The molecule has 0 radical (unpaired) electrons. The van der Waals surface area contributed by atoms with Crippen molar-refractivity contribution in [2.75, 3.05) is 11.5 Å². The first kappa shape index (κ1) is 29.1. The van der Waals surface area contributed by atoms with Crippen LogP contribution in [0.1, 0.15) is 73.3 Å². The lowest BCUT2D eigenvalue weighted by Crippen LogP contribution is -2.36. The highest BCUT2D eigenvalue weighted by Crippen LogP contribution is 2.39. The number of aromatic nitrogens is 2. The zero-order valence-electron chi connectivity index (χ0n) is 24.7. The van der Waals surface area contributed by atoms with Gasteiger partial charge in [0.15, 0.2) is 0 Å². The minimum atomic E-state index is -0.339. The number of hydrogen-bond donors (Lipinski definition) is 0. The third-order valence-corrected chi connectivity index (χ3v) is 7.76. The molecule has 1 aliphatic carbocycles. The first-order valence-electron chi connectivity index (χ1n) is 14.8. The number of nitrogens with zero attached hydrogens (tertiary/aromatic N) is 3. The van der Waals surface area contributed by atoms with Crippen molar-refractivity contribution in [2.45, 2.75) is 71.6 Å². The maximum Gasteiger partial charge on any atom is 0.327 e. The number of carbonyl (C=O) groups is 2. The van der Waals surface area contributed by atoms with Crippen LogP contribution in [-0.2, 0) is 40.4 Å². The van der Waals surface area contributed by atoms with E-state index in [2.05, 4.69) is 49.3 Å². The Kier molecular flexibility index (Phi) is 9.37. The Labute approximate surface area is 248 Å². The molecule has 1 aliphatic rings. The molecule has 3 aromatic carbocycles. The lowest BCUT2D eigenvalue weighted by atomic mass is 9.81. The van der Waals surface area contributed by atoms with Crippen LogP contribution in [0, 0.1) is 0 Å². The third kappa shape index (κ3) is 6.90. The summed E-state index contributed by atoms with van der Waals surface area (Å²) in [6.07, 6.45) is 6.09. The van der Waals surface area contributed by atoms with E-state index in [9.17, 15) is 9.59 Å². The van der Waals surface area contributed by atoms with Gasteiger partial charge in [0.2, 0.25) is 5.91 Å². The number of fused-ring (bicyclic) bond motifs is 1. The van der Waals surface area contributed by atoms with Gasteiger partial charge >= 0.3 is 5.97 Å². The molecule has 0 N–H and O–H groups in total. The van der Waals surface area contributed by atoms with E-state index < -0.39 is 0 Å². The number of benzene rings is 3. The molecular weight excluding hydrogens is 526 g/mol. The maximum atomic E-state index is 14.4. The quantitative estimate of drug-likeness (QED) is 0.187. The van der Waals surface area contributed by atoms with Crippen LogP contribution in [0.25, 0.3) is 0 Å². The number of carbonyl (C=O) groups excluding carboxylic acids is 2. The van der Waals surface area contributed by atoms with E-state index in [1.165, 1.54) is 5.56 Å². The summed E-state index contributed by atoms with van der Waals surface area (Å²) in [5.41, 5.74) is 6.17. The molecule has 7 heteroatoms. The van der Waals surface area contributed by atoms with Crippen molar-refractivity contribution in [1.29, 1.82) is 0 Å². The largest absolute Gasteiger partial charge is 0.489 e. The highest BCUT2D eigenvalue weighted by molar-refractivity contribution is 5.98. The van der Waals surface area contributed by atoms with E-state index in [1.807, 2.05) is 53.6 Å². The van der Waals surface area contributed by atoms with E-state index in [1.54, 1.807) is 17.8 Å².